The summed E-state index contributed by atoms with van der Waals surface area (Å²) in [5.74, 6) is 0. The van der Waals surface area contributed by atoms with Gasteiger partial charge in [0.1, 0.15) is 0 Å². The fraction of sp³-hybridized carbons (Fsp3) is 0.250. The van der Waals surface area contributed by atoms with Crippen molar-refractivity contribution in [2.24, 2.45) is 0 Å². The van der Waals surface area contributed by atoms with Crippen LogP contribution in [0.4, 0.5) is 5.69 Å². The van der Waals surface area contributed by atoms with Crippen molar-refractivity contribution >= 4 is 28.6 Å². The largest absolute Gasteiger partial charge is 0.307 e. The number of nitrogens with one attached hydrogen (secondary N) is 1. The van der Waals surface area contributed by atoms with E-state index in [0.29, 0.717) is 23.7 Å². The number of hydrogen-bond acceptors (Lipinski definition) is 5. The number of aromatic nitrogens is 1. The van der Waals surface area contributed by atoms with E-state index in [2.05, 4.69) is 10.3 Å². The van der Waals surface area contributed by atoms with E-state index < -0.39 is 4.92 Å². The number of benzene rings is 1. The minimum Gasteiger partial charge on any atom is -0.307 e. The molecule has 0 saturated heterocycles. The van der Waals surface area contributed by atoms with Gasteiger partial charge in [-0.1, -0.05) is 11.6 Å². The lowest BCUT2D eigenvalue weighted by molar-refractivity contribution is -0.384. The van der Waals surface area contributed by atoms with E-state index in [-0.39, 0.29) is 5.69 Å². The SMILES string of the molecule is Cc1nc(CNCc2cc([N+](=O)[O-])ccc2Cl)cs1. The fourth-order valence-electron chi connectivity index (χ4n) is 1.62. The highest BCUT2D eigenvalue weighted by molar-refractivity contribution is 7.09. The van der Waals surface area contributed by atoms with Gasteiger partial charge in [0.15, 0.2) is 0 Å². The summed E-state index contributed by atoms with van der Waals surface area (Å²) in [6, 6.07) is 4.43. The molecule has 19 heavy (non-hydrogen) atoms. The standard InChI is InChI=1S/C12H12ClN3O2S/c1-8-15-10(7-19-8)6-14-5-9-4-11(16(17)18)2-3-12(9)13/h2-4,7,14H,5-6H2,1H3. The summed E-state index contributed by atoms with van der Waals surface area (Å²) in [6.45, 7) is 3.03. The molecule has 2 aromatic rings. The molecule has 0 atom stereocenters. The number of rotatable bonds is 5. The Morgan fingerprint density at radius 3 is 2.89 bits per heavy atom. The van der Waals surface area contributed by atoms with E-state index in [1.54, 1.807) is 17.4 Å². The van der Waals surface area contributed by atoms with Crippen LogP contribution in [0.25, 0.3) is 0 Å². The first kappa shape index (κ1) is 13.9. The predicted octanol–water partition coefficient (Wildman–Crippen LogP) is 3.30. The molecule has 1 N–H and O–H groups in total. The van der Waals surface area contributed by atoms with E-state index in [9.17, 15) is 10.1 Å². The molecule has 1 aromatic carbocycles. The minimum absolute atomic E-state index is 0.0469. The van der Waals surface area contributed by atoms with E-state index in [1.807, 2.05) is 12.3 Å². The lowest BCUT2D eigenvalue weighted by atomic mass is 10.2. The Morgan fingerprint density at radius 2 is 2.26 bits per heavy atom. The van der Waals surface area contributed by atoms with Crippen LogP contribution in [0.2, 0.25) is 5.02 Å². The van der Waals surface area contributed by atoms with Crippen LogP contribution in [0.5, 0.6) is 0 Å². The van der Waals surface area contributed by atoms with E-state index in [0.717, 1.165) is 10.7 Å². The van der Waals surface area contributed by atoms with Crippen molar-refractivity contribution in [1.82, 2.24) is 10.3 Å². The summed E-state index contributed by atoms with van der Waals surface area (Å²) in [7, 11) is 0. The fourth-order valence-corrected chi connectivity index (χ4v) is 2.42. The molecule has 0 aliphatic carbocycles. The summed E-state index contributed by atoms with van der Waals surface area (Å²) in [5.41, 5.74) is 1.72. The molecule has 0 radical (unpaired) electrons. The Hall–Kier alpha value is -1.50. The van der Waals surface area contributed by atoms with Gasteiger partial charge >= 0.3 is 0 Å². The van der Waals surface area contributed by atoms with Crippen molar-refractivity contribution in [3.05, 3.63) is 55.0 Å². The molecule has 0 aliphatic heterocycles. The molecule has 100 valence electrons. The van der Waals surface area contributed by atoms with Gasteiger partial charge in [-0.3, -0.25) is 10.1 Å². The summed E-state index contributed by atoms with van der Waals surface area (Å²) in [6.07, 6.45) is 0. The van der Waals surface area contributed by atoms with Crippen LogP contribution in [-0.2, 0) is 13.1 Å². The average molecular weight is 298 g/mol. The number of aryl methyl sites for hydroxylation is 1. The molecule has 2 rings (SSSR count). The Morgan fingerprint density at radius 1 is 1.47 bits per heavy atom. The molecule has 0 amide bonds. The van der Waals surface area contributed by atoms with Crippen molar-refractivity contribution in [1.29, 1.82) is 0 Å². The van der Waals surface area contributed by atoms with Crippen molar-refractivity contribution in [2.45, 2.75) is 20.0 Å². The van der Waals surface area contributed by atoms with Crippen LogP contribution in [0.3, 0.4) is 0 Å². The van der Waals surface area contributed by atoms with Gasteiger partial charge in [-0.15, -0.1) is 11.3 Å². The molecule has 1 aromatic heterocycles. The van der Waals surface area contributed by atoms with Crippen molar-refractivity contribution in [2.75, 3.05) is 0 Å². The van der Waals surface area contributed by atoms with Crippen molar-refractivity contribution in [3.8, 4) is 0 Å². The van der Waals surface area contributed by atoms with Gasteiger partial charge in [-0.2, -0.15) is 0 Å². The maximum absolute atomic E-state index is 10.7. The molecule has 0 bridgehead atoms. The molecule has 0 unspecified atom stereocenters. The van der Waals surface area contributed by atoms with Gasteiger partial charge in [-0.25, -0.2) is 4.98 Å². The second-order valence-corrected chi connectivity index (χ2v) is 5.46. The number of hydrogen-bond donors (Lipinski definition) is 1. The average Bonchev–Trinajstić information content (AvgIpc) is 2.77. The number of nitrogens with zero attached hydrogens (tertiary/aromatic N) is 2. The maximum Gasteiger partial charge on any atom is 0.269 e. The molecule has 5 nitrogen and oxygen atoms in total. The number of halogens is 1. The van der Waals surface area contributed by atoms with Gasteiger partial charge in [0.2, 0.25) is 0 Å². The second kappa shape index (κ2) is 6.10. The number of non-ortho nitro benzene ring substituents is 1. The third-order valence-electron chi connectivity index (χ3n) is 2.53. The van der Waals surface area contributed by atoms with Gasteiger partial charge in [-0.05, 0) is 18.6 Å². The second-order valence-electron chi connectivity index (χ2n) is 3.99. The van der Waals surface area contributed by atoms with Crippen molar-refractivity contribution in [3.63, 3.8) is 0 Å². The number of nitro benzene ring substituents is 1. The molecule has 7 heteroatoms. The lowest BCUT2D eigenvalue weighted by Crippen LogP contribution is -2.13. The summed E-state index contributed by atoms with van der Waals surface area (Å²) in [4.78, 5) is 14.6. The Labute approximate surface area is 119 Å². The summed E-state index contributed by atoms with van der Waals surface area (Å²) in [5, 5.41) is 17.4. The first-order valence-corrected chi connectivity index (χ1v) is 6.86. The van der Waals surface area contributed by atoms with Crippen LogP contribution >= 0.6 is 22.9 Å². The van der Waals surface area contributed by atoms with E-state index in [1.165, 1.54) is 12.1 Å². The molecule has 1 heterocycles. The lowest BCUT2D eigenvalue weighted by Gasteiger charge is -2.05. The molecule has 0 saturated carbocycles. The Balaban J connectivity index is 1.99. The molecule has 0 fully saturated rings. The predicted molar refractivity (Wildman–Crippen MR) is 75.5 cm³/mol. The quantitative estimate of drug-likeness (QED) is 0.679. The van der Waals surface area contributed by atoms with Gasteiger partial charge in [0.25, 0.3) is 5.69 Å². The zero-order chi connectivity index (χ0) is 13.8. The van der Waals surface area contributed by atoms with Crippen LogP contribution in [0.15, 0.2) is 23.6 Å². The number of nitro groups is 1. The van der Waals surface area contributed by atoms with E-state index in [4.69, 9.17) is 11.6 Å². The smallest absolute Gasteiger partial charge is 0.269 e. The van der Waals surface area contributed by atoms with Gasteiger partial charge in [0.05, 0.1) is 15.6 Å². The minimum atomic E-state index is -0.427. The van der Waals surface area contributed by atoms with Crippen LogP contribution in [0.1, 0.15) is 16.3 Å². The highest BCUT2D eigenvalue weighted by Crippen LogP contribution is 2.22. The van der Waals surface area contributed by atoms with Crippen LogP contribution in [-0.4, -0.2) is 9.91 Å². The van der Waals surface area contributed by atoms with Gasteiger partial charge in [0, 0.05) is 35.6 Å². The topological polar surface area (TPSA) is 68.1 Å². The normalized spacial score (nSPS) is 10.6. The van der Waals surface area contributed by atoms with E-state index >= 15 is 0 Å². The number of thiazole rings is 1. The summed E-state index contributed by atoms with van der Waals surface area (Å²) < 4.78 is 0. The van der Waals surface area contributed by atoms with Gasteiger partial charge < -0.3 is 5.32 Å². The zero-order valence-electron chi connectivity index (χ0n) is 10.2. The van der Waals surface area contributed by atoms with Crippen LogP contribution < -0.4 is 5.32 Å². The van der Waals surface area contributed by atoms with Crippen LogP contribution in [0, 0.1) is 17.0 Å². The Bertz CT molecular complexity index is 600. The third-order valence-corrected chi connectivity index (χ3v) is 3.72. The molecule has 0 spiro atoms. The third kappa shape index (κ3) is 3.73. The monoisotopic (exact) mass is 297 g/mol. The zero-order valence-corrected chi connectivity index (χ0v) is 11.8. The highest BCUT2D eigenvalue weighted by atomic mass is 35.5. The molecular formula is C12H12ClN3O2S. The summed E-state index contributed by atoms with van der Waals surface area (Å²) >= 11 is 7.60. The molecular weight excluding hydrogens is 286 g/mol. The first-order valence-electron chi connectivity index (χ1n) is 5.61. The highest BCUT2D eigenvalue weighted by Gasteiger charge is 2.09. The Kier molecular flexibility index (Phi) is 4.47. The molecule has 0 aliphatic rings. The maximum atomic E-state index is 10.7. The first-order chi connectivity index (χ1) is 9.06. The van der Waals surface area contributed by atoms with Crippen molar-refractivity contribution < 1.29 is 4.92 Å².